The normalized spacial score (nSPS) is 19.8. The second kappa shape index (κ2) is 6.08. The first-order valence-corrected chi connectivity index (χ1v) is 9.80. The molecule has 1 atom stereocenters. The number of carbonyl (C=O) groups is 2. The summed E-state index contributed by atoms with van der Waals surface area (Å²) < 4.78 is 25.2. The molecule has 1 fully saturated rings. The molecule has 2 amide bonds. The number of nitrogens with one attached hydrogen (secondary N) is 2. The number of sulfonamides is 1. The zero-order valence-corrected chi connectivity index (χ0v) is 14.5. The summed E-state index contributed by atoms with van der Waals surface area (Å²) in [6.45, 7) is 1.78. The van der Waals surface area contributed by atoms with Crippen molar-refractivity contribution in [2.45, 2.75) is 38.3 Å². The molecule has 2 aliphatic rings. The number of carbonyl (C=O) groups excluding carboxylic acids is 2. The first-order chi connectivity index (χ1) is 11.3. The van der Waals surface area contributed by atoms with Crippen molar-refractivity contribution < 1.29 is 18.0 Å². The lowest BCUT2D eigenvalue weighted by Crippen LogP contribution is -2.37. The van der Waals surface area contributed by atoms with Crippen LogP contribution in [0.5, 0.6) is 0 Å². The van der Waals surface area contributed by atoms with Crippen LogP contribution in [0, 0.1) is 0 Å². The second-order valence-electron chi connectivity index (χ2n) is 6.48. The molecule has 1 aromatic rings. The Kier molecular flexibility index (Phi) is 4.25. The van der Waals surface area contributed by atoms with Gasteiger partial charge >= 0.3 is 0 Å². The maximum atomic E-state index is 12.2. The smallest absolute Gasteiger partial charge is 0.251 e. The minimum absolute atomic E-state index is 0.0573. The molecule has 130 valence electrons. The van der Waals surface area contributed by atoms with E-state index in [1.807, 2.05) is 6.92 Å². The third-order valence-electron chi connectivity index (χ3n) is 4.20. The number of anilines is 1. The fourth-order valence-corrected chi connectivity index (χ4v) is 4.28. The van der Waals surface area contributed by atoms with Crippen LogP contribution in [0.15, 0.2) is 18.2 Å². The third kappa shape index (κ3) is 3.53. The highest BCUT2D eigenvalue weighted by atomic mass is 32.2. The maximum absolute atomic E-state index is 12.2. The van der Waals surface area contributed by atoms with Crippen LogP contribution in [0.2, 0.25) is 0 Å². The summed E-state index contributed by atoms with van der Waals surface area (Å²) in [5, 5.41) is 5.40. The van der Waals surface area contributed by atoms with Crippen molar-refractivity contribution in [1.29, 1.82) is 0 Å². The zero-order valence-electron chi connectivity index (χ0n) is 13.7. The Balaban J connectivity index is 1.69. The van der Waals surface area contributed by atoms with Crippen molar-refractivity contribution in [1.82, 2.24) is 10.6 Å². The highest BCUT2D eigenvalue weighted by molar-refractivity contribution is 7.92. The van der Waals surface area contributed by atoms with E-state index < -0.39 is 10.0 Å². The Morgan fingerprint density at radius 3 is 2.62 bits per heavy atom. The van der Waals surface area contributed by atoms with Crippen molar-refractivity contribution in [2.75, 3.05) is 17.1 Å². The van der Waals surface area contributed by atoms with Crippen molar-refractivity contribution in [3.8, 4) is 0 Å². The minimum atomic E-state index is -3.35. The number of hydrogen-bond acceptors (Lipinski definition) is 4. The molecule has 2 N–H and O–H groups in total. The van der Waals surface area contributed by atoms with Gasteiger partial charge in [0.2, 0.25) is 15.9 Å². The van der Waals surface area contributed by atoms with Gasteiger partial charge in [-0.25, -0.2) is 8.42 Å². The summed E-state index contributed by atoms with van der Waals surface area (Å²) in [4.78, 5) is 23.8. The van der Waals surface area contributed by atoms with E-state index in [-0.39, 0.29) is 30.4 Å². The van der Waals surface area contributed by atoms with Gasteiger partial charge in [-0.3, -0.25) is 13.9 Å². The zero-order chi connectivity index (χ0) is 17.5. The average molecular weight is 351 g/mol. The largest absolute Gasteiger partial charge is 0.352 e. The Labute approximate surface area is 141 Å². The Hall–Kier alpha value is -2.09. The molecular formula is C16H21N3O4S. The molecule has 1 aliphatic heterocycles. The third-order valence-corrected chi connectivity index (χ3v) is 5.48. The van der Waals surface area contributed by atoms with Crippen LogP contribution in [-0.2, 0) is 21.2 Å². The van der Waals surface area contributed by atoms with Crippen LogP contribution in [0.4, 0.5) is 5.69 Å². The van der Waals surface area contributed by atoms with Gasteiger partial charge in [0, 0.05) is 17.6 Å². The number of benzene rings is 1. The topological polar surface area (TPSA) is 95.6 Å². The molecule has 3 rings (SSSR count). The molecule has 8 heteroatoms. The highest BCUT2D eigenvalue weighted by Crippen LogP contribution is 2.34. The SMILES string of the molecule is C[C@@H]1Cc2cc(C(=O)NCC(=O)NC3CC3)ccc2N1S(C)(=O)=O. The molecule has 1 heterocycles. The molecule has 1 aliphatic carbocycles. The van der Waals surface area contributed by atoms with E-state index in [0.29, 0.717) is 17.7 Å². The molecule has 1 aromatic carbocycles. The Morgan fingerprint density at radius 2 is 2.00 bits per heavy atom. The number of amides is 2. The van der Waals surface area contributed by atoms with Crippen LogP contribution < -0.4 is 14.9 Å². The highest BCUT2D eigenvalue weighted by Gasteiger charge is 2.32. The quantitative estimate of drug-likeness (QED) is 0.803. The van der Waals surface area contributed by atoms with Crippen LogP contribution in [0.3, 0.4) is 0 Å². The summed E-state index contributed by atoms with van der Waals surface area (Å²) in [5.74, 6) is -0.530. The van der Waals surface area contributed by atoms with Gasteiger partial charge in [-0.05, 0) is 49.9 Å². The molecule has 0 unspecified atom stereocenters. The first kappa shape index (κ1) is 16.8. The summed E-state index contributed by atoms with van der Waals surface area (Å²) >= 11 is 0. The average Bonchev–Trinajstić information content (AvgIpc) is 3.22. The van der Waals surface area contributed by atoms with Gasteiger partial charge in [-0.15, -0.1) is 0 Å². The van der Waals surface area contributed by atoms with Crippen LogP contribution in [0.25, 0.3) is 0 Å². The van der Waals surface area contributed by atoms with E-state index in [9.17, 15) is 18.0 Å². The summed E-state index contributed by atoms with van der Waals surface area (Å²) in [6, 6.07) is 5.03. The van der Waals surface area contributed by atoms with E-state index in [1.54, 1.807) is 18.2 Å². The van der Waals surface area contributed by atoms with E-state index in [0.717, 1.165) is 18.4 Å². The molecule has 0 radical (unpaired) electrons. The Bertz CT molecular complexity index is 787. The van der Waals surface area contributed by atoms with E-state index >= 15 is 0 Å². The monoisotopic (exact) mass is 351 g/mol. The van der Waals surface area contributed by atoms with E-state index in [1.165, 1.54) is 10.6 Å². The van der Waals surface area contributed by atoms with Gasteiger partial charge < -0.3 is 10.6 Å². The fourth-order valence-electron chi connectivity index (χ4n) is 3.02. The molecule has 0 saturated heterocycles. The summed E-state index contributed by atoms with van der Waals surface area (Å²) in [6.07, 6.45) is 3.74. The van der Waals surface area contributed by atoms with Crippen LogP contribution in [-0.4, -0.2) is 45.1 Å². The molecular weight excluding hydrogens is 330 g/mol. The van der Waals surface area contributed by atoms with Gasteiger partial charge in [-0.2, -0.15) is 0 Å². The number of nitrogens with zero attached hydrogens (tertiary/aromatic N) is 1. The van der Waals surface area contributed by atoms with Gasteiger partial charge in [0.1, 0.15) is 0 Å². The van der Waals surface area contributed by atoms with Crippen molar-refractivity contribution >= 4 is 27.5 Å². The number of fused-ring (bicyclic) bond motifs is 1. The van der Waals surface area contributed by atoms with Crippen LogP contribution in [0.1, 0.15) is 35.7 Å². The lowest BCUT2D eigenvalue weighted by molar-refractivity contribution is -0.120. The summed E-state index contributed by atoms with van der Waals surface area (Å²) in [5.41, 5.74) is 1.87. The van der Waals surface area contributed by atoms with Gasteiger partial charge in [-0.1, -0.05) is 0 Å². The minimum Gasteiger partial charge on any atom is -0.352 e. The lowest BCUT2D eigenvalue weighted by Gasteiger charge is -2.21. The summed E-state index contributed by atoms with van der Waals surface area (Å²) in [7, 11) is -3.35. The van der Waals surface area contributed by atoms with Crippen molar-refractivity contribution in [3.05, 3.63) is 29.3 Å². The van der Waals surface area contributed by atoms with Gasteiger partial charge in [0.05, 0.1) is 18.5 Å². The van der Waals surface area contributed by atoms with E-state index in [2.05, 4.69) is 10.6 Å². The molecule has 7 nitrogen and oxygen atoms in total. The van der Waals surface area contributed by atoms with Gasteiger partial charge in [0.25, 0.3) is 5.91 Å². The molecule has 0 spiro atoms. The maximum Gasteiger partial charge on any atom is 0.251 e. The molecule has 24 heavy (non-hydrogen) atoms. The van der Waals surface area contributed by atoms with Crippen molar-refractivity contribution in [3.63, 3.8) is 0 Å². The lowest BCUT2D eigenvalue weighted by atomic mass is 10.1. The number of rotatable bonds is 5. The van der Waals surface area contributed by atoms with Gasteiger partial charge in [0.15, 0.2) is 0 Å². The number of hydrogen-bond donors (Lipinski definition) is 2. The van der Waals surface area contributed by atoms with E-state index in [4.69, 9.17) is 0 Å². The molecule has 0 bridgehead atoms. The molecule has 1 saturated carbocycles. The second-order valence-corrected chi connectivity index (χ2v) is 8.34. The fraction of sp³-hybridized carbons (Fsp3) is 0.500. The van der Waals surface area contributed by atoms with Crippen molar-refractivity contribution in [2.24, 2.45) is 0 Å². The van der Waals surface area contributed by atoms with Crippen LogP contribution >= 0.6 is 0 Å². The molecule has 0 aromatic heterocycles. The standard InChI is InChI=1S/C16H21N3O4S/c1-10-7-12-8-11(3-6-14(12)19(10)24(2,22)23)16(21)17-9-15(20)18-13-4-5-13/h3,6,8,10,13H,4-5,7,9H2,1-2H3,(H,17,21)(H,18,20)/t10-/m1/s1. The predicted molar refractivity (Wildman–Crippen MR) is 90.4 cm³/mol. The first-order valence-electron chi connectivity index (χ1n) is 7.95. The Morgan fingerprint density at radius 1 is 1.29 bits per heavy atom. The predicted octanol–water partition coefficient (Wildman–Crippen LogP) is 0.406.